The van der Waals surface area contributed by atoms with Gasteiger partial charge in [-0.15, -0.1) is 0 Å². The number of nitrogens with zero attached hydrogens (tertiary/aromatic N) is 4. The van der Waals surface area contributed by atoms with Gasteiger partial charge in [0.25, 0.3) is 5.91 Å². The number of amides is 1. The number of nitrogens with one attached hydrogen (secondary N) is 1. The molecule has 0 radical (unpaired) electrons. The predicted molar refractivity (Wildman–Crippen MR) is 109 cm³/mol. The smallest absolute Gasteiger partial charge is 0.274 e. The van der Waals surface area contributed by atoms with Crippen LogP contribution in [0.25, 0.3) is 11.3 Å². The van der Waals surface area contributed by atoms with Gasteiger partial charge in [-0.3, -0.25) is 9.89 Å². The summed E-state index contributed by atoms with van der Waals surface area (Å²) in [5.41, 5.74) is 6.14. The summed E-state index contributed by atoms with van der Waals surface area (Å²) in [7, 11) is 0. The number of morpholine rings is 1. The number of rotatable bonds is 4. The fraction of sp³-hybridized carbons (Fsp3) is 0.455. The molecule has 1 atom stereocenters. The van der Waals surface area contributed by atoms with Crippen LogP contribution in [0.5, 0.6) is 0 Å². The maximum Gasteiger partial charge on any atom is 0.274 e. The van der Waals surface area contributed by atoms with Crippen molar-refractivity contribution in [1.82, 2.24) is 25.2 Å². The fourth-order valence-electron chi connectivity index (χ4n) is 4.41. The maximum absolute atomic E-state index is 13.1. The summed E-state index contributed by atoms with van der Waals surface area (Å²) in [6, 6.07) is 5.87. The number of H-pyrrole nitrogens is 1. The van der Waals surface area contributed by atoms with Crippen LogP contribution in [0.1, 0.15) is 58.3 Å². The van der Waals surface area contributed by atoms with E-state index >= 15 is 0 Å². The fourth-order valence-corrected chi connectivity index (χ4v) is 4.41. The Balaban J connectivity index is 1.39. The number of ether oxygens (including phenoxy) is 1. The highest BCUT2D eigenvalue weighted by Crippen LogP contribution is 2.30. The van der Waals surface area contributed by atoms with Crippen LogP contribution in [0.15, 0.2) is 22.7 Å². The topological polar surface area (TPSA) is 97.1 Å². The van der Waals surface area contributed by atoms with Gasteiger partial charge in [0.15, 0.2) is 5.69 Å². The first-order chi connectivity index (χ1) is 14.7. The Morgan fingerprint density at radius 2 is 2.23 bits per heavy atom. The minimum absolute atomic E-state index is 0.0259. The number of fused-ring (bicyclic) bond motifs is 1. The molecule has 1 aliphatic heterocycles. The molecule has 0 aromatic carbocycles. The van der Waals surface area contributed by atoms with E-state index in [4.69, 9.17) is 14.2 Å². The number of hydrogen-bond acceptors (Lipinski definition) is 6. The summed E-state index contributed by atoms with van der Waals surface area (Å²) in [4.78, 5) is 19.8. The van der Waals surface area contributed by atoms with E-state index < -0.39 is 0 Å². The Labute approximate surface area is 174 Å². The van der Waals surface area contributed by atoms with E-state index in [0.717, 1.165) is 65.3 Å². The Kier molecular flexibility index (Phi) is 4.86. The summed E-state index contributed by atoms with van der Waals surface area (Å²) in [5.74, 6) is 0.799. The van der Waals surface area contributed by atoms with Gasteiger partial charge in [-0.1, -0.05) is 18.1 Å². The highest BCUT2D eigenvalue weighted by molar-refractivity contribution is 5.94. The van der Waals surface area contributed by atoms with E-state index in [1.807, 2.05) is 36.9 Å². The molecule has 1 N–H and O–H groups in total. The number of aromatic nitrogens is 4. The van der Waals surface area contributed by atoms with E-state index in [2.05, 4.69) is 15.4 Å². The average molecular weight is 407 g/mol. The molecule has 2 aliphatic rings. The lowest BCUT2D eigenvalue weighted by Gasteiger charge is -2.32. The molecule has 3 aromatic heterocycles. The van der Waals surface area contributed by atoms with E-state index in [-0.39, 0.29) is 12.0 Å². The number of hydrogen-bond donors (Lipinski definition) is 1. The zero-order valence-corrected chi connectivity index (χ0v) is 17.3. The quantitative estimate of drug-likeness (QED) is 0.714. The van der Waals surface area contributed by atoms with Crippen LogP contribution in [0.3, 0.4) is 0 Å². The van der Waals surface area contributed by atoms with E-state index in [1.54, 1.807) is 0 Å². The first-order valence-electron chi connectivity index (χ1n) is 10.5. The molecule has 8 heteroatoms. The third-order valence-electron chi connectivity index (χ3n) is 5.97. The number of aryl methyl sites for hydroxylation is 3. The van der Waals surface area contributed by atoms with Crippen LogP contribution < -0.4 is 0 Å². The SMILES string of the molecule is CCc1onc(C)c1-c1cccc(C2CN(C(=O)c3n[nH]c4c3CCC4)CCO2)n1. The second-order valence-corrected chi connectivity index (χ2v) is 7.86. The zero-order valence-electron chi connectivity index (χ0n) is 17.3. The van der Waals surface area contributed by atoms with Crippen molar-refractivity contribution in [2.75, 3.05) is 19.7 Å². The van der Waals surface area contributed by atoms with Crippen molar-refractivity contribution in [3.63, 3.8) is 0 Å². The second kappa shape index (κ2) is 7.68. The average Bonchev–Trinajstić information content (AvgIpc) is 3.49. The van der Waals surface area contributed by atoms with Gasteiger partial charge in [0.1, 0.15) is 11.9 Å². The van der Waals surface area contributed by atoms with E-state index in [0.29, 0.717) is 25.4 Å². The van der Waals surface area contributed by atoms with Crippen molar-refractivity contribution in [3.8, 4) is 11.3 Å². The lowest BCUT2D eigenvalue weighted by molar-refractivity contribution is -0.0249. The summed E-state index contributed by atoms with van der Waals surface area (Å²) in [6.45, 7) is 5.45. The standard InChI is InChI=1S/C22H25N5O3/c1-3-18-20(13(2)26-30-18)17-9-5-8-16(23-17)19-12-27(10-11-29-19)22(28)21-14-6-4-7-15(14)24-25-21/h5,8-9,19H,3-4,6-7,10-12H2,1-2H3,(H,24,25). The van der Waals surface area contributed by atoms with Gasteiger partial charge in [0.2, 0.25) is 0 Å². The lowest BCUT2D eigenvalue weighted by Crippen LogP contribution is -2.42. The molecule has 4 heterocycles. The van der Waals surface area contributed by atoms with Gasteiger partial charge in [-0.2, -0.15) is 5.10 Å². The Morgan fingerprint density at radius 1 is 1.33 bits per heavy atom. The van der Waals surface area contributed by atoms with Gasteiger partial charge in [-0.05, 0) is 38.3 Å². The zero-order chi connectivity index (χ0) is 20.7. The Bertz CT molecular complexity index is 1090. The highest BCUT2D eigenvalue weighted by Gasteiger charge is 2.31. The molecule has 1 aliphatic carbocycles. The molecule has 1 unspecified atom stereocenters. The first-order valence-corrected chi connectivity index (χ1v) is 10.5. The molecular formula is C22H25N5O3. The predicted octanol–water partition coefficient (Wildman–Crippen LogP) is 3.03. The van der Waals surface area contributed by atoms with Crippen molar-refractivity contribution in [1.29, 1.82) is 0 Å². The largest absolute Gasteiger partial charge is 0.368 e. The molecule has 0 saturated carbocycles. The van der Waals surface area contributed by atoms with Crippen molar-refractivity contribution in [3.05, 3.63) is 52.3 Å². The van der Waals surface area contributed by atoms with Gasteiger partial charge in [-0.25, -0.2) is 4.98 Å². The molecule has 156 valence electrons. The second-order valence-electron chi connectivity index (χ2n) is 7.86. The Hall–Kier alpha value is -3.00. The van der Waals surface area contributed by atoms with Crippen LogP contribution in [-0.2, 0) is 24.0 Å². The van der Waals surface area contributed by atoms with E-state index in [1.165, 1.54) is 0 Å². The van der Waals surface area contributed by atoms with Gasteiger partial charge in [0.05, 0.1) is 35.8 Å². The molecule has 1 fully saturated rings. The number of carbonyl (C=O) groups excluding carboxylic acids is 1. The Morgan fingerprint density at radius 3 is 3.10 bits per heavy atom. The van der Waals surface area contributed by atoms with Gasteiger partial charge < -0.3 is 14.2 Å². The number of pyridine rings is 1. The minimum Gasteiger partial charge on any atom is -0.368 e. The van der Waals surface area contributed by atoms with Crippen LogP contribution in [0, 0.1) is 6.92 Å². The van der Waals surface area contributed by atoms with Crippen LogP contribution in [0.2, 0.25) is 0 Å². The lowest BCUT2D eigenvalue weighted by atomic mass is 10.1. The van der Waals surface area contributed by atoms with Crippen molar-refractivity contribution in [2.45, 2.75) is 45.6 Å². The molecule has 1 saturated heterocycles. The van der Waals surface area contributed by atoms with E-state index in [9.17, 15) is 4.79 Å². The molecule has 3 aromatic rings. The molecule has 5 rings (SSSR count). The highest BCUT2D eigenvalue weighted by atomic mass is 16.5. The minimum atomic E-state index is -0.278. The van der Waals surface area contributed by atoms with Crippen molar-refractivity contribution < 1.29 is 14.1 Å². The molecule has 1 amide bonds. The molecule has 8 nitrogen and oxygen atoms in total. The first kappa shape index (κ1) is 19.0. The molecule has 0 spiro atoms. The molecule has 30 heavy (non-hydrogen) atoms. The summed E-state index contributed by atoms with van der Waals surface area (Å²) in [6.07, 6.45) is 3.44. The number of carbonyl (C=O) groups is 1. The van der Waals surface area contributed by atoms with Crippen molar-refractivity contribution in [2.24, 2.45) is 0 Å². The van der Waals surface area contributed by atoms with Gasteiger partial charge >= 0.3 is 0 Å². The van der Waals surface area contributed by atoms with Crippen LogP contribution in [0.4, 0.5) is 0 Å². The third kappa shape index (κ3) is 3.21. The third-order valence-corrected chi connectivity index (χ3v) is 5.97. The normalized spacial score (nSPS) is 18.6. The maximum atomic E-state index is 13.1. The summed E-state index contributed by atoms with van der Waals surface area (Å²) < 4.78 is 11.4. The van der Waals surface area contributed by atoms with Crippen LogP contribution in [-0.4, -0.2) is 50.8 Å². The monoisotopic (exact) mass is 407 g/mol. The molecular weight excluding hydrogens is 382 g/mol. The summed E-state index contributed by atoms with van der Waals surface area (Å²) in [5, 5.41) is 11.4. The summed E-state index contributed by atoms with van der Waals surface area (Å²) >= 11 is 0. The molecule has 0 bridgehead atoms. The number of aromatic amines is 1. The van der Waals surface area contributed by atoms with Crippen LogP contribution >= 0.6 is 0 Å². The van der Waals surface area contributed by atoms with Gasteiger partial charge in [0, 0.05) is 24.2 Å². The van der Waals surface area contributed by atoms with Crippen molar-refractivity contribution >= 4 is 5.91 Å².